The number of aryl methyl sites for hydroxylation is 1. The topological polar surface area (TPSA) is 128 Å². The van der Waals surface area contributed by atoms with Gasteiger partial charge < -0.3 is 19.6 Å². The molecule has 3 amide bonds. The molecule has 2 N–H and O–H groups in total. The summed E-state index contributed by atoms with van der Waals surface area (Å²) < 4.78 is 35.6. The van der Waals surface area contributed by atoms with Crippen molar-refractivity contribution in [2.24, 2.45) is 11.8 Å². The SMILES string of the molecule is CCc1c(F)ccc2cc(O)cc(N3Cc4nc(OC[C@@]56CCCN5C[C@H](F)C6)nc(N5C[C@@H]6C(=O)NC(=O)[C@@H]6C5)c4C3=O)c12. The molecule has 3 aromatic rings. The van der Waals surface area contributed by atoms with Gasteiger partial charge in [0.25, 0.3) is 5.91 Å². The van der Waals surface area contributed by atoms with Crippen molar-refractivity contribution in [1.82, 2.24) is 20.2 Å². The highest BCUT2D eigenvalue weighted by atomic mass is 19.1. The van der Waals surface area contributed by atoms with Gasteiger partial charge in [0.05, 0.1) is 35.3 Å². The van der Waals surface area contributed by atoms with E-state index < -0.39 is 35.3 Å². The second-order valence-electron chi connectivity index (χ2n) is 12.8. The van der Waals surface area contributed by atoms with Crippen LogP contribution in [0.25, 0.3) is 10.8 Å². The number of hydrogen-bond donors (Lipinski definition) is 2. The summed E-state index contributed by atoms with van der Waals surface area (Å²) in [6.45, 7) is 3.54. The number of carbonyl (C=O) groups excluding carboxylic acids is 3. The number of benzene rings is 2. The summed E-state index contributed by atoms with van der Waals surface area (Å²) in [6.07, 6.45) is 1.54. The normalized spacial score (nSPS) is 27.4. The van der Waals surface area contributed by atoms with Crippen LogP contribution in [0.4, 0.5) is 20.3 Å². The zero-order valence-corrected chi connectivity index (χ0v) is 24.7. The van der Waals surface area contributed by atoms with E-state index in [1.54, 1.807) is 11.0 Å². The smallest absolute Gasteiger partial charge is 0.318 e. The van der Waals surface area contributed by atoms with Gasteiger partial charge in [-0.25, -0.2) is 8.78 Å². The van der Waals surface area contributed by atoms with Crippen LogP contribution >= 0.6 is 0 Å². The first-order valence-corrected chi connectivity index (χ1v) is 15.4. The van der Waals surface area contributed by atoms with Crippen LogP contribution in [-0.2, 0) is 22.6 Å². The van der Waals surface area contributed by atoms with E-state index in [1.165, 1.54) is 23.1 Å². The molecule has 2 aromatic carbocycles. The second-order valence-corrected chi connectivity index (χ2v) is 12.8. The molecule has 0 spiro atoms. The molecule has 6 heterocycles. The molecule has 0 saturated carbocycles. The van der Waals surface area contributed by atoms with Crippen molar-refractivity contribution in [1.29, 1.82) is 0 Å². The largest absolute Gasteiger partial charge is 0.508 e. The Hall–Kier alpha value is -4.39. The lowest BCUT2D eigenvalue weighted by molar-refractivity contribution is -0.126. The predicted octanol–water partition coefficient (Wildman–Crippen LogP) is 2.86. The molecular weight excluding hydrogens is 586 g/mol. The number of aromatic nitrogens is 2. The molecule has 13 heteroatoms. The fourth-order valence-corrected chi connectivity index (χ4v) is 8.15. The van der Waals surface area contributed by atoms with E-state index in [1.807, 2.05) is 6.92 Å². The number of alkyl halides is 1. The van der Waals surface area contributed by atoms with Crippen LogP contribution in [0, 0.1) is 17.7 Å². The Morgan fingerprint density at radius 1 is 1.11 bits per heavy atom. The van der Waals surface area contributed by atoms with Crippen molar-refractivity contribution in [2.45, 2.75) is 50.9 Å². The molecule has 45 heavy (non-hydrogen) atoms. The van der Waals surface area contributed by atoms with Crippen LogP contribution in [0.15, 0.2) is 24.3 Å². The zero-order valence-electron chi connectivity index (χ0n) is 24.7. The highest BCUT2D eigenvalue weighted by Crippen LogP contribution is 2.44. The third kappa shape index (κ3) is 4.27. The Labute approximate surface area is 257 Å². The quantitative estimate of drug-likeness (QED) is 0.401. The van der Waals surface area contributed by atoms with Crippen LogP contribution in [0.2, 0.25) is 0 Å². The molecular formula is C32H32F2N6O5. The summed E-state index contributed by atoms with van der Waals surface area (Å²) in [5.74, 6) is -2.55. The number of imide groups is 1. The number of hydrogen-bond acceptors (Lipinski definition) is 9. The Morgan fingerprint density at radius 2 is 1.89 bits per heavy atom. The number of phenols is 1. The molecule has 234 valence electrons. The minimum Gasteiger partial charge on any atom is -0.508 e. The van der Waals surface area contributed by atoms with Gasteiger partial charge in [0, 0.05) is 37.5 Å². The van der Waals surface area contributed by atoms with Gasteiger partial charge in [-0.05, 0) is 48.9 Å². The molecule has 1 aromatic heterocycles. The number of amides is 3. The number of phenolic OH excluding ortho intramolecular Hbond substituents is 1. The Bertz CT molecular complexity index is 1780. The maximum Gasteiger partial charge on any atom is 0.318 e. The first-order chi connectivity index (χ1) is 21.7. The van der Waals surface area contributed by atoms with E-state index in [2.05, 4.69) is 20.2 Å². The Balaban J connectivity index is 1.20. The summed E-state index contributed by atoms with van der Waals surface area (Å²) >= 11 is 0. The molecule has 0 unspecified atom stereocenters. The van der Waals surface area contributed by atoms with E-state index >= 15 is 0 Å². The molecule has 11 nitrogen and oxygen atoms in total. The Morgan fingerprint density at radius 3 is 2.64 bits per heavy atom. The Kier molecular flexibility index (Phi) is 6.28. The number of carbonyl (C=O) groups is 3. The number of aromatic hydroxyl groups is 1. The minimum absolute atomic E-state index is 0.00219. The lowest BCUT2D eigenvalue weighted by Gasteiger charge is -2.31. The number of ether oxygens (including phenoxy) is 1. The summed E-state index contributed by atoms with van der Waals surface area (Å²) in [4.78, 5) is 53.9. The van der Waals surface area contributed by atoms with Gasteiger partial charge in [0.2, 0.25) is 11.8 Å². The van der Waals surface area contributed by atoms with Crippen LogP contribution < -0.4 is 19.9 Å². The highest BCUT2D eigenvalue weighted by molar-refractivity contribution is 6.17. The molecule has 5 aliphatic rings. The lowest BCUT2D eigenvalue weighted by Crippen LogP contribution is -2.43. The predicted molar refractivity (Wildman–Crippen MR) is 158 cm³/mol. The van der Waals surface area contributed by atoms with Crippen LogP contribution in [0.3, 0.4) is 0 Å². The van der Waals surface area contributed by atoms with Gasteiger partial charge in [0.1, 0.15) is 35.7 Å². The number of fused-ring (bicyclic) bond motifs is 4. The van der Waals surface area contributed by atoms with Crippen molar-refractivity contribution in [3.8, 4) is 11.8 Å². The summed E-state index contributed by atoms with van der Waals surface area (Å²) in [5, 5.41) is 14.1. The third-order valence-electron chi connectivity index (χ3n) is 10.3. The van der Waals surface area contributed by atoms with Gasteiger partial charge in [0.15, 0.2) is 0 Å². The molecule has 0 bridgehead atoms. The minimum atomic E-state index is -0.931. The van der Waals surface area contributed by atoms with Gasteiger partial charge in [-0.3, -0.25) is 24.6 Å². The zero-order chi connectivity index (χ0) is 31.2. The molecule has 0 aliphatic carbocycles. The first-order valence-electron chi connectivity index (χ1n) is 15.4. The van der Waals surface area contributed by atoms with Gasteiger partial charge in [-0.15, -0.1) is 0 Å². The summed E-state index contributed by atoms with van der Waals surface area (Å²) in [5.41, 5.74) is 0.883. The second kappa shape index (κ2) is 10.1. The number of anilines is 2. The highest BCUT2D eigenvalue weighted by Gasteiger charge is 2.51. The monoisotopic (exact) mass is 618 g/mol. The van der Waals surface area contributed by atoms with E-state index in [9.17, 15) is 28.3 Å². The standard InChI is InChI=1S/C32H32F2N6O5/c1-2-19-22(34)5-4-16-8-18(41)9-24(25(16)19)40-14-23-26(30(40)44)27(38-12-20-21(13-38)29(43)37-28(20)42)36-31(35-23)45-15-32-6-3-7-39(32)11-17(33)10-32/h4-5,8-9,17,20-21,41H,2-3,6-7,10-15H2,1H3,(H,37,42,43)/t17-,20-,21+,32+/m1/s1. The van der Waals surface area contributed by atoms with E-state index in [4.69, 9.17) is 4.74 Å². The fraction of sp³-hybridized carbons (Fsp3) is 0.469. The maximum absolute atomic E-state index is 15.0. The molecule has 5 aliphatic heterocycles. The van der Waals surface area contributed by atoms with Crippen molar-refractivity contribution in [3.05, 3.63) is 46.9 Å². The van der Waals surface area contributed by atoms with Crippen LogP contribution in [-0.4, -0.2) is 82.2 Å². The van der Waals surface area contributed by atoms with Crippen molar-refractivity contribution < 1.29 is 33.0 Å². The fourth-order valence-electron chi connectivity index (χ4n) is 8.15. The van der Waals surface area contributed by atoms with E-state index in [-0.39, 0.29) is 61.2 Å². The number of halogens is 2. The molecule has 0 radical (unpaired) electrons. The lowest BCUT2D eigenvalue weighted by atomic mass is 9.95. The van der Waals surface area contributed by atoms with Crippen LogP contribution in [0.5, 0.6) is 11.8 Å². The average Bonchev–Trinajstić information content (AvgIpc) is 3.80. The summed E-state index contributed by atoms with van der Waals surface area (Å²) in [6, 6.07) is 5.92. The van der Waals surface area contributed by atoms with Gasteiger partial charge >= 0.3 is 6.01 Å². The number of nitrogens with zero attached hydrogens (tertiary/aromatic N) is 5. The van der Waals surface area contributed by atoms with Crippen molar-refractivity contribution >= 4 is 40.0 Å². The maximum atomic E-state index is 15.0. The van der Waals surface area contributed by atoms with Crippen molar-refractivity contribution in [2.75, 3.05) is 42.6 Å². The molecule has 4 atom stereocenters. The van der Waals surface area contributed by atoms with Gasteiger partial charge in [-0.1, -0.05) is 13.0 Å². The summed E-state index contributed by atoms with van der Waals surface area (Å²) in [7, 11) is 0. The van der Waals surface area contributed by atoms with E-state index in [0.717, 1.165) is 19.4 Å². The van der Waals surface area contributed by atoms with Crippen LogP contribution in [0.1, 0.15) is 47.8 Å². The molecule has 8 rings (SSSR count). The number of nitrogens with one attached hydrogen (secondary N) is 1. The third-order valence-corrected chi connectivity index (χ3v) is 10.3. The first kappa shape index (κ1) is 28.1. The molecule has 4 saturated heterocycles. The van der Waals surface area contributed by atoms with Gasteiger partial charge in [-0.2, -0.15) is 9.97 Å². The van der Waals surface area contributed by atoms with E-state index in [0.29, 0.717) is 47.1 Å². The average molecular weight is 619 g/mol. The van der Waals surface area contributed by atoms with Crippen molar-refractivity contribution in [3.63, 3.8) is 0 Å². The molecule has 4 fully saturated rings. The number of rotatable bonds is 6.